The SMILES string of the molecule is O=C(CCC(F)(F)F)N1CCCC1CCCO. The summed E-state index contributed by atoms with van der Waals surface area (Å²) in [5.74, 6) is -0.414. The maximum absolute atomic E-state index is 12.0. The van der Waals surface area contributed by atoms with Gasteiger partial charge in [-0.1, -0.05) is 0 Å². The van der Waals surface area contributed by atoms with Gasteiger partial charge in [-0.2, -0.15) is 13.2 Å². The molecule has 0 radical (unpaired) electrons. The van der Waals surface area contributed by atoms with Crippen LogP contribution in [-0.4, -0.2) is 41.3 Å². The Bertz CT molecular complexity index is 256. The van der Waals surface area contributed by atoms with Crippen LogP contribution in [0.2, 0.25) is 0 Å². The zero-order chi connectivity index (χ0) is 12.9. The number of nitrogens with zero attached hydrogens (tertiary/aromatic N) is 1. The molecule has 1 aliphatic heterocycles. The number of amides is 1. The van der Waals surface area contributed by atoms with E-state index >= 15 is 0 Å². The average molecular weight is 253 g/mol. The normalized spacial score (nSPS) is 20.9. The highest BCUT2D eigenvalue weighted by atomic mass is 19.4. The lowest BCUT2D eigenvalue weighted by atomic mass is 10.1. The third-order valence-corrected chi connectivity index (χ3v) is 3.02. The number of halogens is 3. The molecule has 0 aromatic heterocycles. The highest BCUT2D eigenvalue weighted by molar-refractivity contribution is 5.76. The van der Waals surface area contributed by atoms with Crippen LogP contribution in [0.3, 0.4) is 0 Å². The van der Waals surface area contributed by atoms with Gasteiger partial charge in [-0.25, -0.2) is 0 Å². The molecule has 0 spiro atoms. The van der Waals surface area contributed by atoms with E-state index in [9.17, 15) is 18.0 Å². The molecule has 1 N–H and O–H groups in total. The van der Waals surface area contributed by atoms with Crippen LogP contribution < -0.4 is 0 Å². The van der Waals surface area contributed by atoms with Crippen LogP contribution >= 0.6 is 0 Å². The van der Waals surface area contributed by atoms with E-state index in [0.717, 1.165) is 12.8 Å². The molecule has 0 aromatic rings. The molecule has 6 heteroatoms. The first-order chi connectivity index (χ1) is 7.94. The maximum Gasteiger partial charge on any atom is 0.389 e. The number of carbonyl (C=O) groups is 1. The minimum absolute atomic E-state index is 0.0166. The Morgan fingerprint density at radius 2 is 2.12 bits per heavy atom. The third kappa shape index (κ3) is 4.93. The topological polar surface area (TPSA) is 40.5 Å². The van der Waals surface area contributed by atoms with Crippen molar-refractivity contribution in [1.29, 1.82) is 0 Å². The lowest BCUT2D eigenvalue weighted by Crippen LogP contribution is -2.36. The molecule has 1 heterocycles. The lowest BCUT2D eigenvalue weighted by Gasteiger charge is -2.24. The van der Waals surface area contributed by atoms with Gasteiger partial charge in [-0.15, -0.1) is 0 Å². The second-order valence-corrected chi connectivity index (χ2v) is 4.36. The Morgan fingerprint density at radius 1 is 1.41 bits per heavy atom. The lowest BCUT2D eigenvalue weighted by molar-refractivity contribution is -0.149. The number of carbonyl (C=O) groups excluding carboxylic acids is 1. The van der Waals surface area contributed by atoms with Gasteiger partial charge in [0.25, 0.3) is 0 Å². The zero-order valence-electron chi connectivity index (χ0n) is 9.67. The van der Waals surface area contributed by atoms with Gasteiger partial charge in [-0.3, -0.25) is 4.79 Å². The fraction of sp³-hybridized carbons (Fsp3) is 0.909. The summed E-state index contributed by atoms with van der Waals surface area (Å²) >= 11 is 0. The molecule has 17 heavy (non-hydrogen) atoms. The number of rotatable bonds is 5. The van der Waals surface area contributed by atoms with Crippen LogP contribution in [-0.2, 0) is 4.79 Å². The van der Waals surface area contributed by atoms with Gasteiger partial charge >= 0.3 is 6.18 Å². The first-order valence-electron chi connectivity index (χ1n) is 5.91. The first kappa shape index (κ1) is 14.3. The summed E-state index contributed by atoms with van der Waals surface area (Å²) in [6.07, 6.45) is -2.84. The van der Waals surface area contributed by atoms with Gasteiger partial charge in [0.15, 0.2) is 0 Å². The summed E-state index contributed by atoms with van der Waals surface area (Å²) in [5.41, 5.74) is 0. The molecular formula is C11H18F3NO2. The summed E-state index contributed by atoms with van der Waals surface area (Å²) < 4.78 is 36.0. The molecule has 1 aliphatic rings. The van der Waals surface area contributed by atoms with Crippen molar-refractivity contribution < 1.29 is 23.1 Å². The van der Waals surface area contributed by atoms with Gasteiger partial charge < -0.3 is 10.0 Å². The van der Waals surface area contributed by atoms with Gasteiger partial charge in [0, 0.05) is 25.6 Å². The second-order valence-electron chi connectivity index (χ2n) is 4.36. The number of hydrogen-bond donors (Lipinski definition) is 1. The Balaban J connectivity index is 2.39. The van der Waals surface area contributed by atoms with Crippen LogP contribution in [0.4, 0.5) is 13.2 Å². The van der Waals surface area contributed by atoms with Crippen molar-refractivity contribution in [3.63, 3.8) is 0 Å². The molecule has 100 valence electrons. The molecule has 0 aromatic carbocycles. The monoisotopic (exact) mass is 253 g/mol. The zero-order valence-corrected chi connectivity index (χ0v) is 9.67. The number of likely N-dealkylation sites (tertiary alicyclic amines) is 1. The van der Waals surface area contributed by atoms with Gasteiger partial charge in [0.1, 0.15) is 0 Å². The van der Waals surface area contributed by atoms with Crippen molar-refractivity contribution in [3.8, 4) is 0 Å². The first-order valence-corrected chi connectivity index (χ1v) is 5.91. The fourth-order valence-corrected chi connectivity index (χ4v) is 2.18. The Morgan fingerprint density at radius 3 is 2.71 bits per heavy atom. The van der Waals surface area contributed by atoms with E-state index in [-0.39, 0.29) is 12.6 Å². The summed E-state index contributed by atoms with van der Waals surface area (Å²) in [4.78, 5) is 13.2. The summed E-state index contributed by atoms with van der Waals surface area (Å²) in [6.45, 7) is 0.605. The molecule has 1 atom stereocenters. The average Bonchev–Trinajstić information content (AvgIpc) is 2.70. The molecule has 1 saturated heterocycles. The molecule has 1 rings (SSSR count). The van der Waals surface area contributed by atoms with E-state index in [1.807, 2.05) is 0 Å². The van der Waals surface area contributed by atoms with Crippen molar-refractivity contribution in [3.05, 3.63) is 0 Å². The quantitative estimate of drug-likeness (QED) is 0.815. The Hall–Kier alpha value is -0.780. The highest BCUT2D eigenvalue weighted by Gasteiger charge is 2.32. The number of aliphatic hydroxyl groups is 1. The van der Waals surface area contributed by atoms with E-state index in [0.29, 0.717) is 19.4 Å². The molecule has 1 amide bonds. The summed E-state index contributed by atoms with van der Waals surface area (Å²) in [5, 5.41) is 8.71. The van der Waals surface area contributed by atoms with Crippen molar-refractivity contribution in [1.82, 2.24) is 4.90 Å². The molecule has 0 saturated carbocycles. The van der Waals surface area contributed by atoms with Crippen LogP contribution in [0.25, 0.3) is 0 Å². The molecule has 3 nitrogen and oxygen atoms in total. The van der Waals surface area contributed by atoms with E-state index in [4.69, 9.17) is 5.11 Å². The van der Waals surface area contributed by atoms with Gasteiger partial charge in [-0.05, 0) is 25.7 Å². The van der Waals surface area contributed by atoms with E-state index in [1.165, 1.54) is 0 Å². The predicted molar refractivity (Wildman–Crippen MR) is 56.3 cm³/mol. The minimum atomic E-state index is -4.27. The van der Waals surface area contributed by atoms with E-state index < -0.39 is 24.9 Å². The Labute approximate surface area is 98.6 Å². The van der Waals surface area contributed by atoms with Gasteiger partial charge in [0.05, 0.1) is 6.42 Å². The van der Waals surface area contributed by atoms with Crippen molar-refractivity contribution in [2.75, 3.05) is 13.2 Å². The van der Waals surface area contributed by atoms with Crippen molar-refractivity contribution >= 4 is 5.91 Å². The minimum Gasteiger partial charge on any atom is -0.396 e. The van der Waals surface area contributed by atoms with Crippen LogP contribution in [0.15, 0.2) is 0 Å². The molecular weight excluding hydrogens is 235 g/mol. The van der Waals surface area contributed by atoms with Crippen LogP contribution in [0.1, 0.15) is 38.5 Å². The molecule has 1 fully saturated rings. The second kappa shape index (κ2) is 6.23. The standard InChI is InChI=1S/C11H18F3NO2/c12-11(13,14)6-5-10(17)15-7-1-3-9(15)4-2-8-16/h9,16H,1-8H2. The Kier molecular flexibility index (Phi) is 5.24. The third-order valence-electron chi connectivity index (χ3n) is 3.02. The predicted octanol–water partition coefficient (Wildman–Crippen LogP) is 2.09. The van der Waals surface area contributed by atoms with E-state index in [1.54, 1.807) is 4.90 Å². The number of alkyl halides is 3. The molecule has 0 bridgehead atoms. The van der Waals surface area contributed by atoms with Crippen LogP contribution in [0.5, 0.6) is 0 Å². The maximum atomic E-state index is 12.0. The smallest absolute Gasteiger partial charge is 0.389 e. The van der Waals surface area contributed by atoms with E-state index in [2.05, 4.69) is 0 Å². The number of hydrogen-bond acceptors (Lipinski definition) is 2. The summed E-state index contributed by atoms with van der Waals surface area (Å²) in [7, 11) is 0. The largest absolute Gasteiger partial charge is 0.396 e. The van der Waals surface area contributed by atoms with Crippen LogP contribution in [0, 0.1) is 0 Å². The van der Waals surface area contributed by atoms with Crippen molar-refractivity contribution in [2.45, 2.75) is 50.7 Å². The highest BCUT2D eigenvalue weighted by Crippen LogP contribution is 2.26. The fourth-order valence-electron chi connectivity index (χ4n) is 2.18. The van der Waals surface area contributed by atoms with Crippen molar-refractivity contribution in [2.24, 2.45) is 0 Å². The number of aliphatic hydroxyl groups excluding tert-OH is 1. The molecule has 1 unspecified atom stereocenters. The van der Waals surface area contributed by atoms with Gasteiger partial charge in [0.2, 0.25) is 5.91 Å². The summed E-state index contributed by atoms with van der Waals surface area (Å²) in [6, 6.07) is 0.0166. The molecule has 0 aliphatic carbocycles.